The summed E-state index contributed by atoms with van der Waals surface area (Å²) in [4.78, 5) is 22.2. The van der Waals surface area contributed by atoms with Crippen molar-refractivity contribution in [3.05, 3.63) is 62.0 Å². The van der Waals surface area contributed by atoms with Gasteiger partial charge in [0.05, 0.1) is 33.0 Å². The molecule has 0 saturated heterocycles. The van der Waals surface area contributed by atoms with Crippen molar-refractivity contribution >= 4 is 55.7 Å². The number of nitro benzene ring substituents is 1. The number of nitrogens with one attached hydrogen (secondary N) is 1. The molecule has 0 atom stereocenters. The van der Waals surface area contributed by atoms with Crippen LogP contribution in [-0.4, -0.2) is 35.3 Å². The minimum atomic E-state index is -3.90. The normalized spacial score (nSPS) is 11.6. The van der Waals surface area contributed by atoms with Crippen molar-refractivity contribution in [2.24, 2.45) is 0 Å². The third-order valence-electron chi connectivity index (χ3n) is 3.62. The number of sulfonamides is 1. The number of non-ortho nitro benzene ring substituents is 1. The molecular weight excluding hydrogens is 438 g/mol. The van der Waals surface area contributed by atoms with Gasteiger partial charge in [-0.15, -0.1) is 0 Å². The van der Waals surface area contributed by atoms with Crippen molar-refractivity contribution in [1.29, 1.82) is 0 Å². The number of nitrogens with zero attached hydrogens (tertiary/aromatic N) is 3. The first-order valence-corrected chi connectivity index (χ1v) is 9.97. The number of rotatable bonds is 4. The Kier molecular flexibility index (Phi) is 5.00. The third-order valence-corrected chi connectivity index (χ3v) is 4.75. The van der Waals surface area contributed by atoms with Crippen LogP contribution in [0.5, 0.6) is 0 Å². The Labute approximate surface area is 166 Å². The monoisotopic (exact) mass is 446 g/mol. The average Bonchev–Trinajstić information content (AvgIpc) is 2.91. The second kappa shape index (κ2) is 7.00. The molecule has 0 aliphatic rings. The van der Waals surface area contributed by atoms with Gasteiger partial charge >= 0.3 is 0 Å². The van der Waals surface area contributed by atoms with Gasteiger partial charge in [0.2, 0.25) is 10.0 Å². The Morgan fingerprint density at radius 3 is 2.57 bits per heavy atom. The molecule has 146 valence electrons. The summed E-state index contributed by atoms with van der Waals surface area (Å²) in [7, 11) is -3.90. The zero-order valence-corrected chi connectivity index (χ0v) is 16.1. The van der Waals surface area contributed by atoms with E-state index in [1.165, 1.54) is 18.2 Å². The van der Waals surface area contributed by atoms with Gasteiger partial charge in [0, 0.05) is 23.6 Å². The largest absolute Gasteiger partial charge is 0.270 e. The fourth-order valence-electron chi connectivity index (χ4n) is 2.46. The van der Waals surface area contributed by atoms with Crippen LogP contribution in [0.3, 0.4) is 0 Å². The van der Waals surface area contributed by atoms with E-state index >= 15 is 0 Å². The van der Waals surface area contributed by atoms with E-state index in [9.17, 15) is 27.7 Å². The van der Waals surface area contributed by atoms with E-state index in [2.05, 4.69) is 5.10 Å². The number of hydrogen-bond donors (Lipinski definition) is 1. The zero-order chi connectivity index (χ0) is 20.8. The van der Waals surface area contributed by atoms with Crippen molar-refractivity contribution in [2.75, 3.05) is 6.26 Å². The lowest BCUT2D eigenvalue weighted by molar-refractivity contribution is -0.384. The molecule has 3 aromatic rings. The highest BCUT2D eigenvalue weighted by Crippen LogP contribution is 2.32. The fraction of sp³-hybridized carbons (Fsp3) is 0.0667. The molecule has 0 aliphatic heterocycles. The molecule has 3 rings (SSSR count). The van der Waals surface area contributed by atoms with Gasteiger partial charge in [0.25, 0.3) is 11.6 Å². The van der Waals surface area contributed by atoms with Crippen LogP contribution in [0.2, 0.25) is 10.2 Å². The van der Waals surface area contributed by atoms with E-state index in [0.29, 0.717) is 5.52 Å². The van der Waals surface area contributed by atoms with Crippen LogP contribution in [0.15, 0.2) is 30.3 Å². The number of carbonyl (C=O) groups is 1. The summed E-state index contributed by atoms with van der Waals surface area (Å²) in [6.45, 7) is 0. The molecule has 0 bridgehead atoms. The van der Waals surface area contributed by atoms with Crippen LogP contribution in [0.1, 0.15) is 10.4 Å². The predicted molar refractivity (Wildman–Crippen MR) is 100 cm³/mol. The summed E-state index contributed by atoms with van der Waals surface area (Å²) in [6, 6.07) is 5.61. The van der Waals surface area contributed by atoms with Gasteiger partial charge in [-0.25, -0.2) is 22.2 Å². The smallest absolute Gasteiger partial charge is 0.268 e. The average molecular weight is 447 g/mol. The molecule has 13 heteroatoms. The van der Waals surface area contributed by atoms with Crippen LogP contribution in [0.4, 0.5) is 10.1 Å². The highest BCUT2D eigenvalue weighted by atomic mass is 35.5. The standard InChI is InChI=1S/C15H9Cl2FN4O5S/c1-28(26,27)20-15(23)8-5-10(16)13(6-11(8)18)21-12-3-2-7(22(24)25)4-9(12)14(17)19-21/h2-6H,1H3,(H,20,23). The van der Waals surface area contributed by atoms with E-state index in [4.69, 9.17) is 23.2 Å². The summed E-state index contributed by atoms with van der Waals surface area (Å²) in [5, 5.41) is 15.0. The Hall–Kier alpha value is -2.76. The van der Waals surface area contributed by atoms with E-state index in [-0.39, 0.29) is 26.9 Å². The topological polar surface area (TPSA) is 124 Å². The van der Waals surface area contributed by atoms with Crippen LogP contribution in [0.25, 0.3) is 16.6 Å². The molecule has 0 unspecified atom stereocenters. The minimum absolute atomic E-state index is 0.000764. The Bertz CT molecular complexity index is 1260. The van der Waals surface area contributed by atoms with Gasteiger partial charge in [-0.2, -0.15) is 5.10 Å². The lowest BCUT2D eigenvalue weighted by Crippen LogP contribution is -2.30. The van der Waals surface area contributed by atoms with E-state index in [1.54, 1.807) is 4.72 Å². The molecule has 0 radical (unpaired) electrons. The summed E-state index contributed by atoms with van der Waals surface area (Å²) in [6.07, 6.45) is 0.746. The SMILES string of the molecule is CS(=O)(=O)NC(=O)c1cc(Cl)c(-n2nc(Cl)c3cc([N+](=O)[O-])ccc32)cc1F. The summed E-state index contributed by atoms with van der Waals surface area (Å²) < 4.78 is 39.6. The van der Waals surface area contributed by atoms with Gasteiger partial charge in [-0.05, 0) is 12.1 Å². The molecule has 0 saturated carbocycles. The van der Waals surface area contributed by atoms with E-state index in [0.717, 1.165) is 23.1 Å². The molecule has 1 N–H and O–H groups in total. The molecular formula is C15H9Cl2FN4O5S. The molecule has 9 nitrogen and oxygen atoms in total. The number of amides is 1. The lowest BCUT2D eigenvalue weighted by atomic mass is 10.1. The molecule has 1 amide bonds. The number of benzene rings is 2. The molecule has 1 aromatic heterocycles. The van der Waals surface area contributed by atoms with Gasteiger partial charge < -0.3 is 0 Å². The Morgan fingerprint density at radius 2 is 1.96 bits per heavy atom. The molecule has 28 heavy (non-hydrogen) atoms. The molecule has 0 spiro atoms. The minimum Gasteiger partial charge on any atom is -0.268 e. The fourth-order valence-corrected chi connectivity index (χ4v) is 3.38. The van der Waals surface area contributed by atoms with Crippen molar-refractivity contribution in [2.45, 2.75) is 0 Å². The number of nitro groups is 1. The third kappa shape index (κ3) is 3.77. The molecule has 1 heterocycles. The number of carbonyl (C=O) groups excluding carboxylic acids is 1. The highest BCUT2D eigenvalue weighted by molar-refractivity contribution is 7.89. The number of halogens is 3. The van der Waals surface area contributed by atoms with Crippen LogP contribution in [-0.2, 0) is 10.0 Å². The number of fused-ring (bicyclic) bond motifs is 1. The number of aromatic nitrogens is 2. The van der Waals surface area contributed by atoms with Gasteiger partial charge in [0.1, 0.15) is 5.82 Å². The second-order valence-corrected chi connectivity index (χ2v) is 8.16. The number of hydrogen-bond acceptors (Lipinski definition) is 6. The summed E-state index contributed by atoms with van der Waals surface area (Å²) in [5.41, 5.74) is -0.484. The van der Waals surface area contributed by atoms with E-state index < -0.39 is 32.2 Å². The van der Waals surface area contributed by atoms with Gasteiger partial charge in [-0.3, -0.25) is 14.9 Å². The first kappa shape index (κ1) is 20.0. The zero-order valence-electron chi connectivity index (χ0n) is 13.8. The quantitative estimate of drug-likeness (QED) is 0.484. The first-order valence-electron chi connectivity index (χ1n) is 7.32. The summed E-state index contributed by atoms with van der Waals surface area (Å²) >= 11 is 12.2. The van der Waals surface area contributed by atoms with Crippen molar-refractivity contribution in [3.63, 3.8) is 0 Å². The van der Waals surface area contributed by atoms with Crippen molar-refractivity contribution in [3.8, 4) is 5.69 Å². The Morgan fingerprint density at radius 1 is 1.29 bits per heavy atom. The van der Waals surface area contributed by atoms with Crippen molar-refractivity contribution in [1.82, 2.24) is 14.5 Å². The maximum Gasteiger partial charge on any atom is 0.270 e. The second-order valence-electron chi connectivity index (χ2n) is 5.65. The van der Waals surface area contributed by atoms with Gasteiger partial charge in [0.15, 0.2) is 5.15 Å². The Balaban J connectivity index is 2.14. The van der Waals surface area contributed by atoms with Crippen LogP contribution in [0, 0.1) is 15.9 Å². The lowest BCUT2D eigenvalue weighted by Gasteiger charge is -2.10. The maximum absolute atomic E-state index is 14.4. The van der Waals surface area contributed by atoms with Gasteiger partial charge in [-0.1, -0.05) is 23.2 Å². The van der Waals surface area contributed by atoms with Crippen molar-refractivity contribution < 1.29 is 22.5 Å². The van der Waals surface area contributed by atoms with Crippen LogP contribution < -0.4 is 4.72 Å². The predicted octanol–water partition coefficient (Wildman–Crippen LogP) is 3.07. The highest BCUT2D eigenvalue weighted by Gasteiger charge is 2.21. The summed E-state index contributed by atoms with van der Waals surface area (Å²) in [5.74, 6) is -2.24. The maximum atomic E-state index is 14.4. The molecule has 0 aliphatic carbocycles. The van der Waals surface area contributed by atoms with Crippen LogP contribution >= 0.6 is 23.2 Å². The first-order chi connectivity index (χ1) is 13.0. The van der Waals surface area contributed by atoms with E-state index in [1.807, 2.05) is 0 Å². The molecule has 0 fully saturated rings. The molecule has 2 aromatic carbocycles.